The Morgan fingerprint density at radius 1 is 0.448 bits per heavy atom. The number of hydrogen-bond acceptors (Lipinski definition) is 4. The zero-order valence-corrected chi connectivity index (χ0v) is 31.6. The fraction of sp³-hybridized carbons (Fsp3) is 0.0189. The maximum Gasteiger partial charge on any atom is 0.159 e. The number of nitrogens with zero attached hydrogens (tertiary/aromatic N) is 4. The molecular weight excluding hydrogens is 707 g/mol. The summed E-state index contributed by atoms with van der Waals surface area (Å²) >= 11 is 0. The quantitative estimate of drug-likeness (QED) is 0.177. The number of aliphatic imine (C=N–C) groups is 2. The molecule has 1 atom stereocenters. The van der Waals surface area contributed by atoms with Gasteiger partial charge in [-0.25, -0.2) is 9.98 Å². The lowest BCUT2D eigenvalue weighted by Crippen LogP contribution is -2.33. The molecule has 0 radical (unpaired) electrons. The molecule has 1 aliphatic heterocycles. The second-order valence-corrected chi connectivity index (χ2v) is 14.7. The van der Waals surface area contributed by atoms with Crippen LogP contribution in [-0.4, -0.2) is 16.2 Å². The molecule has 1 aromatic heterocycles. The van der Waals surface area contributed by atoms with E-state index < -0.39 is 6.17 Å². The topological polar surface area (TPSA) is 44.9 Å². The van der Waals surface area contributed by atoms with Crippen LogP contribution in [0.25, 0.3) is 49.0 Å². The summed E-state index contributed by atoms with van der Waals surface area (Å²) in [6.07, 6.45) is -0.400. The fourth-order valence-electron chi connectivity index (χ4n) is 8.53. The third-order valence-corrected chi connectivity index (χ3v) is 11.2. The first-order valence-corrected chi connectivity index (χ1v) is 19.7. The van der Waals surface area contributed by atoms with Gasteiger partial charge in [-0.05, 0) is 82.2 Å². The largest absolute Gasteiger partial charge is 0.344 e. The van der Waals surface area contributed by atoms with E-state index in [1.165, 1.54) is 26.9 Å². The Hall–Kier alpha value is -7.76. The van der Waals surface area contributed by atoms with E-state index in [0.29, 0.717) is 5.84 Å². The van der Waals surface area contributed by atoms with E-state index in [2.05, 4.69) is 203 Å². The Morgan fingerprint density at radius 3 is 1.76 bits per heavy atom. The molecule has 0 saturated carbocycles. The van der Waals surface area contributed by atoms with E-state index in [1.807, 2.05) is 24.3 Å². The highest BCUT2D eigenvalue weighted by Gasteiger charge is 2.26. The molecule has 1 N–H and O–H groups in total. The van der Waals surface area contributed by atoms with E-state index in [1.54, 1.807) is 0 Å². The van der Waals surface area contributed by atoms with Gasteiger partial charge in [-0.2, -0.15) is 0 Å². The maximum atomic E-state index is 5.36. The summed E-state index contributed by atoms with van der Waals surface area (Å²) in [5, 5.41) is 10.9. The Kier molecular flexibility index (Phi) is 8.14. The van der Waals surface area contributed by atoms with Crippen LogP contribution in [0.2, 0.25) is 0 Å². The van der Waals surface area contributed by atoms with Crippen LogP contribution in [0, 0.1) is 0 Å². The number of anilines is 3. The molecule has 0 amide bonds. The predicted molar refractivity (Wildman–Crippen MR) is 242 cm³/mol. The second kappa shape index (κ2) is 14.1. The zero-order valence-electron chi connectivity index (χ0n) is 31.6. The molecule has 1 aliphatic rings. The van der Waals surface area contributed by atoms with Crippen molar-refractivity contribution in [1.82, 2.24) is 9.88 Å². The minimum Gasteiger partial charge on any atom is -0.344 e. The first-order valence-electron chi connectivity index (χ1n) is 19.7. The van der Waals surface area contributed by atoms with Crippen LogP contribution in [0.1, 0.15) is 22.9 Å². The van der Waals surface area contributed by atoms with Crippen LogP contribution in [0.15, 0.2) is 222 Å². The lowest BCUT2D eigenvalue weighted by molar-refractivity contribution is 0.680. The van der Waals surface area contributed by atoms with Crippen LogP contribution in [0.3, 0.4) is 0 Å². The first kappa shape index (κ1) is 33.6. The molecule has 0 fully saturated rings. The summed E-state index contributed by atoms with van der Waals surface area (Å²) in [6, 6.07) is 75.3. The monoisotopic (exact) mass is 743 g/mol. The van der Waals surface area contributed by atoms with Crippen molar-refractivity contribution in [3.63, 3.8) is 0 Å². The molecule has 5 nitrogen and oxygen atoms in total. The Labute approximate surface area is 336 Å². The normalized spacial score (nSPS) is 14.0. The van der Waals surface area contributed by atoms with Gasteiger partial charge in [-0.3, -0.25) is 0 Å². The smallest absolute Gasteiger partial charge is 0.159 e. The molecule has 2 heterocycles. The average molecular weight is 744 g/mol. The van der Waals surface area contributed by atoms with Gasteiger partial charge < -0.3 is 14.8 Å². The highest BCUT2D eigenvalue weighted by atomic mass is 15.2. The number of fused-ring (bicyclic) bond motifs is 6. The summed E-state index contributed by atoms with van der Waals surface area (Å²) < 4.78 is 2.43. The summed E-state index contributed by atoms with van der Waals surface area (Å²) in [4.78, 5) is 12.8. The lowest BCUT2D eigenvalue weighted by Gasteiger charge is -2.25. The van der Waals surface area contributed by atoms with E-state index in [9.17, 15) is 0 Å². The van der Waals surface area contributed by atoms with E-state index >= 15 is 0 Å². The van der Waals surface area contributed by atoms with Crippen LogP contribution in [-0.2, 0) is 0 Å². The highest BCUT2D eigenvalue weighted by molar-refractivity contribution is 6.23. The van der Waals surface area contributed by atoms with Crippen LogP contribution in [0.4, 0.5) is 17.1 Å². The molecule has 1 unspecified atom stereocenters. The highest BCUT2D eigenvalue weighted by Crippen LogP contribution is 2.44. The first-order chi connectivity index (χ1) is 28.8. The van der Waals surface area contributed by atoms with Crippen molar-refractivity contribution in [3.8, 4) is 5.69 Å². The molecule has 10 aromatic rings. The molecule has 0 bridgehead atoms. The number of para-hydroxylation sites is 2. The number of benzene rings is 9. The number of amidine groups is 2. The Balaban J connectivity index is 1.20. The number of nitrogens with one attached hydrogen (secondary N) is 1. The molecule has 11 rings (SSSR count). The van der Waals surface area contributed by atoms with Gasteiger partial charge in [0.2, 0.25) is 0 Å². The number of hydrogen-bond donors (Lipinski definition) is 1. The summed E-state index contributed by atoms with van der Waals surface area (Å²) in [5.41, 5.74) is 9.72. The molecule has 5 heteroatoms. The number of rotatable bonds is 7. The molecule has 0 spiro atoms. The lowest BCUT2D eigenvalue weighted by atomic mass is 9.96. The van der Waals surface area contributed by atoms with Crippen molar-refractivity contribution < 1.29 is 0 Å². The second-order valence-electron chi connectivity index (χ2n) is 14.7. The van der Waals surface area contributed by atoms with E-state index in [4.69, 9.17) is 9.98 Å². The fourth-order valence-corrected chi connectivity index (χ4v) is 8.53. The molecule has 0 saturated heterocycles. The van der Waals surface area contributed by atoms with Gasteiger partial charge in [0, 0.05) is 50.2 Å². The summed E-state index contributed by atoms with van der Waals surface area (Å²) in [7, 11) is 0. The zero-order chi connectivity index (χ0) is 38.4. The van der Waals surface area contributed by atoms with Gasteiger partial charge in [-0.15, -0.1) is 0 Å². The van der Waals surface area contributed by atoms with Crippen LogP contribution in [0.5, 0.6) is 0 Å². The predicted octanol–water partition coefficient (Wildman–Crippen LogP) is 13.1. The van der Waals surface area contributed by atoms with Crippen LogP contribution >= 0.6 is 0 Å². The van der Waals surface area contributed by atoms with Crippen LogP contribution < -0.4 is 10.2 Å². The standard InChI is InChI=1S/C53H37N5/c1-5-18-37(19-6-1)51-54-52(38-20-7-2-8-21-38)56-53(55-51)46-35-49-50(45-28-16-15-27-44(45)46)47-34-43(57(40-23-9-3-10-24-40)41-25-11-4-12-26-41)31-32-48(47)58(49)42-30-29-36-17-13-14-22-39(36)33-42/h1-35,53H,(H,54,55,56). The SMILES string of the molecule is c1ccc(C2=NC(c3cc4c(c5ccccc35)c3cc(N(c5ccccc5)c5ccccc5)ccc3n4-c3ccc4ccccc4c3)NC(c3ccccc3)=N2)cc1. The van der Waals surface area contributed by atoms with Crippen molar-refractivity contribution in [2.45, 2.75) is 6.17 Å². The minimum absolute atomic E-state index is 0.400. The Bertz CT molecular complexity index is 3150. The Morgan fingerprint density at radius 2 is 1.05 bits per heavy atom. The molecule has 274 valence electrons. The van der Waals surface area contributed by atoms with Gasteiger partial charge in [0.15, 0.2) is 5.84 Å². The van der Waals surface area contributed by atoms with Crippen molar-refractivity contribution in [1.29, 1.82) is 0 Å². The van der Waals surface area contributed by atoms with E-state index in [-0.39, 0.29) is 0 Å². The third kappa shape index (κ3) is 5.80. The summed E-state index contributed by atoms with van der Waals surface area (Å²) in [6.45, 7) is 0. The minimum atomic E-state index is -0.400. The van der Waals surface area contributed by atoms with Gasteiger partial charge in [0.05, 0.1) is 11.0 Å². The average Bonchev–Trinajstić information content (AvgIpc) is 3.63. The molecule has 9 aromatic carbocycles. The molecule has 0 aliphatic carbocycles. The summed E-state index contributed by atoms with van der Waals surface area (Å²) in [5.74, 6) is 1.50. The van der Waals surface area contributed by atoms with Crippen molar-refractivity contribution in [2.75, 3.05) is 4.90 Å². The molecular formula is C53H37N5. The van der Waals surface area contributed by atoms with Crippen molar-refractivity contribution in [3.05, 3.63) is 229 Å². The van der Waals surface area contributed by atoms with Crippen molar-refractivity contribution >= 4 is 72.1 Å². The van der Waals surface area contributed by atoms with Crippen molar-refractivity contribution in [2.24, 2.45) is 9.98 Å². The molecule has 58 heavy (non-hydrogen) atoms. The van der Waals surface area contributed by atoms with Gasteiger partial charge in [0.1, 0.15) is 12.0 Å². The maximum absolute atomic E-state index is 5.36. The third-order valence-electron chi connectivity index (χ3n) is 11.2. The van der Waals surface area contributed by atoms with Gasteiger partial charge >= 0.3 is 0 Å². The van der Waals surface area contributed by atoms with E-state index in [0.717, 1.165) is 61.7 Å². The van der Waals surface area contributed by atoms with Gasteiger partial charge in [-0.1, -0.05) is 152 Å². The number of aromatic nitrogens is 1. The van der Waals surface area contributed by atoms with Gasteiger partial charge in [0.25, 0.3) is 0 Å².